The van der Waals surface area contributed by atoms with Crippen LogP contribution >= 0.6 is 23.2 Å². The highest BCUT2D eigenvalue weighted by Gasteiger charge is 2.67. The fraction of sp³-hybridized carbons (Fsp3) is 0.794. The molecule has 0 aliphatic heterocycles. The Bertz CT molecular complexity index is 980. The molecule has 0 bridgehead atoms. The Kier molecular flexibility index (Phi) is 8.27. The average Bonchev–Trinajstić information content (AvgIpc) is 3.23. The molecule has 0 aromatic heterocycles. The summed E-state index contributed by atoms with van der Waals surface area (Å²) >= 11 is 14.9. The molecular weight excluding hydrogens is 511 g/mol. The standard InChI is InChI=1S/C34H50Cl2O2/c1-22(2)10-9-11-23(3)27-14-15-28-26-20-30(35)34(36)21-25(38-31(37)24-12-7-6-8-13-24)16-19-33(34,5)29(26)17-18-32(27,28)4/h6-8,12-13,22-23,25-30H,9-11,14-21H2,1-5H3/t23-,25+,26?,27-,28?,29?,30-,32-,33-,34+/m1/s1. The summed E-state index contributed by atoms with van der Waals surface area (Å²) in [6, 6.07) is 9.32. The Morgan fingerprint density at radius 3 is 2.45 bits per heavy atom. The molecular formula is C34H50Cl2O2. The van der Waals surface area contributed by atoms with E-state index in [2.05, 4.69) is 34.6 Å². The van der Waals surface area contributed by atoms with Crippen molar-refractivity contribution < 1.29 is 9.53 Å². The number of halogens is 2. The molecule has 212 valence electrons. The lowest BCUT2D eigenvalue weighted by Crippen LogP contribution is -2.65. The van der Waals surface area contributed by atoms with Gasteiger partial charge in [0.05, 0.1) is 15.8 Å². The monoisotopic (exact) mass is 560 g/mol. The third-order valence-corrected chi connectivity index (χ3v) is 13.7. The third-order valence-electron chi connectivity index (χ3n) is 12.2. The number of hydrogen-bond acceptors (Lipinski definition) is 2. The number of esters is 1. The quantitative estimate of drug-likeness (QED) is 0.245. The van der Waals surface area contributed by atoms with E-state index in [-0.39, 0.29) is 22.9 Å². The Labute approximate surface area is 242 Å². The zero-order valence-corrected chi connectivity index (χ0v) is 25.9. The third kappa shape index (κ3) is 4.87. The number of rotatable bonds is 7. The Morgan fingerprint density at radius 2 is 1.74 bits per heavy atom. The highest BCUT2D eigenvalue weighted by atomic mass is 35.5. The number of ether oxygens (including phenoxy) is 1. The smallest absolute Gasteiger partial charge is 0.338 e. The van der Waals surface area contributed by atoms with Gasteiger partial charge in [-0.15, -0.1) is 23.2 Å². The van der Waals surface area contributed by atoms with Gasteiger partial charge in [0.2, 0.25) is 0 Å². The summed E-state index contributed by atoms with van der Waals surface area (Å²) in [7, 11) is 0. The van der Waals surface area contributed by atoms with Crippen LogP contribution in [0.5, 0.6) is 0 Å². The predicted octanol–water partition coefficient (Wildman–Crippen LogP) is 9.91. The fourth-order valence-electron chi connectivity index (χ4n) is 10.1. The first kappa shape index (κ1) is 28.8. The van der Waals surface area contributed by atoms with Gasteiger partial charge in [0, 0.05) is 6.42 Å². The first-order valence-electron chi connectivity index (χ1n) is 15.6. The summed E-state index contributed by atoms with van der Waals surface area (Å²) < 4.78 is 6.01. The molecule has 0 amide bonds. The van der Waals surface area contributed by atoms with Crippen molar-refractivity contribution >= 4 is 29.2 Å². The molecule has 4 fully saturated rings. The summed E-state index contributed by atoms with van der Waals surface area (Å²) in [4.78, 5) is 12.3. The van der Waals surface area contributed by atoms with Gasteiger partial charge in [-0.1, -0.05) is 72.1 Å². The molecule has 0 radical (unpaired) electrons. The molecule has 4 aliphatic carbocycles. The Morgan fingerprint density at radius 1 is 1.00 bits per heavy atom. The van der Waals surface area contributed by atoms with Gasteiger partial charge >= 0.3 is 5.97 Å². The van der Waals surface area contributed by atoms with Gasteiger partial charge < -0.3 is 4.74 Å². The van der Waals surface area contributed by atoms with Crippen LogP contribution in [0.2, 0.25) is 0 Å². The Hall–Kier alpha value is -0.730. The van der Waals surface area contributed by atoms with E-state index < -0.39 is 4.87 Å². The normalized spacial score (nSPS) is 43.2. The molecule has 5 rings (SSSR count). The van der Waals surface area contributed by atoms with Gasteiger partial charge in [0.25, 0.3) is 0 Å². The van der Waals surface area contributed by atoms with E-state index in [0.29, 0.717) is 29.2 Å². The van der Waals surface area contributed by atoms with Crippen LogP contribution in [0, 0.1) is 46.3 Å². The van der Waals surface area contributed by atoms with E-state index in [4.69, 9.17) is 27.9 Å². The van der Waals surface area contributed by atoms with E-state index in [0.717, 1.165) is 42.9 Å². The molecule has 0 heterocycles. The summed E-state index contributed by atoms with van der Waals surface area (Å²) in [6.45, 7) is 12.3. The van der Waals surface area contributed by atoms with Crippen molar-refractivity contribution in [3.8, 4) is 0 Å². The molecule has 1 aromatic rings. The van der Waals surface area contributed by atoms with Gasteiger partial charge in [0.1, 0.15) is 6.10 Å². The van der Waals surface area contributed by atoms with E-state index >= 15 is 0 Å². The molecule has 0 spiro atoms. The second-order valence-electron chi connectivity index (χ2n) is 14.5. The van der Waals surface area contributed by atoms with Gasteiger partial charge in [-0.3, -0.25) is 0 Å². The molecule has 10 atom stereocenters. The first-order valence-corrected chi connectivity index (χ1v) is 16.4. The van der Waals surface area contributed by atoms with Crippen LogP contribution in [0.25, 0.3) is 0 Å². The fourth-order valence-corrected chi connectivity index (χ4v) is 11.1. The molecule has 2 nitrogen and oxygen atoms in total. The second-order valence-corrected chi connectivity index (χ2v) is 15.7. The number of alkyl halides is 2. The van der Waals surface area contributed by atoms with Crippen LogP contribution in [-0.2, 0) is 4.74 Å². The van der Waals surface area contributed by atoms with Crippen molar-refractivity contribution in [1.82, 2.24) is 0 Å². The van der Waals surface area contributed by atoms with Crippen molar-refractivity contribution in [3.05, 3.63) is 35.9 Å². The largest absolute Gasteiger partial charge is 0.459 e. The molecule has 1 aromatic carbocycles. The van der Waals surface area contributed by atoms with E-state index in [1.54, 1.807) is 0 Å². The van der Waals surface area contributed by atoms with Crippen molar-refractivity contribution in [2.75, 3.05) is 0 Å². The van der Waals surface area contributed by atoms with Gasteiger partial charge in [0.15, 0.2) is 0 Å². The van der Waals surface area contributed by atoms with Crippen LogP contribution in [0.4, 0.5) is 0 Å². The SMILES string of the molecule is CC(C)CCC[C@@H](C)[C@H]1CCC2C3C[C@@H](Cl)[C@@]4(Cl)C[C@@H](OC(=O)c5ccccc5)CC[C@]4(C)C3CC[C@@]21C. The van der Waals surface area contributed by atoms with Crippen molar-refractivity contribution in [2.24, 2.45) is 46.3 Å². The minimum atomic E-state index is -0.522. The van der Waals surface area contributed by atoms with E-state index in [9.17, 15) is 4.79 Å². The first-order chi connectivity index (χ1) is 18.0. The summed E-state index contributed by atoms with van der Waals surface area (Å²) in [5.41, 5.74) is 1.04. The lowest BCUT2D eigenvalue weighted by atomic mass is 9.44. The summed E-state index contributed by atoms with van der Waals surface area (Å²) in [5, 5.41) is -0.0847. The highest BCUT2D eigenvalue weighted by molar-refractivity contribution is 6.33. The number of fused-ring (bicyclic) bond motifs is 5. The maximum Gasteiger partial charge on any atom is 0.338 e. The lowest BCUT2D eigenvalue weighted by molar-refractivity contribution is -0.118. The minimum Gasteiger partial charge on any atom is -0.459 e. The predicted molar refractivity (Wildman–Crippen MR) is 159 cm³/mol. The molecule has 0 N–H and O–H groups in total. The number of benzene rings is 1. The van der Waals surface area contributed by atoms with E-state index in [1.165, 1.54) is 44.9 Å². The van der Waals surface area contributed by atoms with E-state index in [1.807, 2.05) is 30.3 Å². The number of hydrogen-bond donors (Lipinski definition) is 0. The molecule has 38 heavy (non-hydrogen) atoms. The molecule has 4 heteroatoms. The van der Waals surface area contributed by atoms with Crippen molar-refractivity contribution in [1.29, 1.82) is 0 Å². The van der Waals surface area contributed by atoms with Gasteiger partial charge in [-0.05, 0) is 103 Å². The van der Waals surface area contributed by atoms with Crippen LogP contribution < -0.4 is 0 Å². The van der Waals surface area contributed by atoms with Crippen LogP contribution in [0.3, 0.4) is 0 Å². The highest BCUT2D eigenvalue weighted by Crippen LogP contribution is 2.71. The number of carbonyl (C=O) groups excluding carboxylic acids is 1. The zero-order valence-electron chi connectivity index (χ0n) is 24.4. The number of carbonyl (C=O) groups is 1. The van der Waals surface area contributed by atoms with Crippen molar-refractivity contribution in [2.45, 2.75) is 122 Å². The molecule has 4 aliphatic rings. The van der Waals surface area contributed by atoms with Crippen LogP contribution in [0.1, 0.15) is 116 Å². The summed E-state index contributed by atoms with van der Waals surface area (Å²) in [6.07, 6.45) is 12.9. The van der Waals surface area contributed by atoms with Crippen molar-refractivity contribution in [3.63, 3.8) is 0 Å². The van der Waals surface area contributed by atoms with Crippen LogP contribution in [-0.4, -0.2) is 22.3 Å². The molecule has 4 saturated carbocycles. The molecule has 3 unspecified atom stereocenters. The minimum absolute atomic E-state index is 0.0121. The maximum atomic E-state index is 12.8. The molecule has 0 saturated heterocycles. The van der Waals surface area contributed by atoms with Gasteiger partial charge in [-0.25, -0.2) is 4.79 Å². The summed E-state index contributed by atoms with van der Waals surface area (Å²) in [5.74, 6) is 4.28. The van der Waals surface area contributed by atoms with Crippen LogP contribution in [0.15, 0.2) is 30.3 Å². The Balaban J connectivity index is 1.29. The lowest BCUT2D eigenvalue weighted by Gasteiger charge is -2.65. The maximum absolute atomic E-state index is 12.8. The zero-order chi connectivity index (χ0) is 27.3. The van der Waals surface area contributed by atoms with Gasteiger partial charge in [-0.2, -0.15) is 0 Å². The average molecular weight is 562 g/mol. The second kappa shape index (κ2) is 10.9. The topological polar surface area (TPSA) is 26.3 Å².